The van der Waals surface area contributed by atoms with Crippen molar-refractivity contribution in [3.05, 3.63) is 59.7 Å². The molecule has 1 N–H and O–H groups in total. The van der Waals surface area contributed by atoms with E-state index in [2.05, 4.69) is 11.4 Å². The predicted octanol–water partition coefficient (Wildman–Crippen LogP) is 2.90. The monoisotopic (exact) mass is 431 g/mol. The van der Waals surface area contributed by atoms with Gasteiger partial charge in [0.2, 0.25) is 5.91 Å². The standard InChI is InChI=1S/C23H29NO5S/c1-28-21-6-4-3-5-20(21)23(13-15-29-16-14-23)17-24-22(25)12-9-18-7-10-19(11-8-18)30(2,26)27/h3-8,10-11H,9,12-17H2,1-2H3,(H,24,25). The van der Waals surface area contributed by atoms with Crippen molar-refractivity contribution >= 4 is 15.7 Å². The summed E-state index contributed by atoms with van der Waals surface area (Å²) in [6.45, 7) is 1.84. The van der Waals surface area contributed by atoms with Gasteiger partial charge < -0.3 is 14.8 Å². The van der Waals surface area contributed by atoms with Crippen LogP contribution in [-0.4, -0.2) is 47.4 Å². The summed E-state index contributed by atoms with van der Waals surface area (Å²) < 4.78 is 34.3. The lowest BCUT2D eigenvalue weighted by molar-refractivity contribution is -0.121. The van der Waals surface area contributed by atoms with Crippen LogP contribution in [0.1, 0.15) is 30.4 Å². The number of carbonyl (C=O) groups excluding carboxylic acids is 1. The van der Waals surface area contributed by atoms with Gasteiger partial charge in [0.15, 0.2) is 9.84 Å². The SMILES string of the molecule is COc1ccccc1C1(CNC(=O)CCc2ccc(S(C)(=O)=O)cc2)CCOCC1. The number of aryl methyl sites for hydroxylation is 1. The lowest BCUT2D eigenvalue weighted by Crippen LogP contribution is -2.44. The van der Waals surface area contributed by atoms with E-state index in [9.17, 15) is 13.2 Å². The number of para-hydroxylation sites is 1. The largest absolute Gasteiger partial charge is 0.496 e. The molecule has 0 saturated carbocycles. The molecule has 1 fully saturated rings. The third-order valence-corrected chi connectivity index (χ3v) is 6.87. The van der Waals surface area contributed by atoms with Gasteiger partial charge in [0.25, 0.3) is 0 Å². The number of methoxy groups -OCH3 is 1. The van der Waals surface area contributed by atoms with E-state index in [1.165, 1.54) is 6.26 Å². The van der Waals surface area contributed by atoms with Crippen molar-refractivity contribution in [2.24, 2.45) is 0 Å². The Hall–Kier alpha value is -2.38. The van der Waals surface area contributed by atoms with Crippen molar-refractivity contribution in [1.82, 2.24) is 5.32 Å². The summed E-state index contributed by atoms with van der Waals surface area (Å²) in [6.07, 6.45) is 3.72. The average Bonchev–Trinajstić information content (AvgIpc) is 2.76. The van der Waals surface area contributed by atoms with Gasteiger partial charge in [0.05, 0.1) is 12.0 Å². The lowest BCUT2D eigenvalue weighted by atomic mass is 9.73. The molecule has 7 heteroatoms. The number of nitrogens with one attached hydrogen (secondary N) is 1. The van der Waals surface area contributed by atoms with Crippen molar-refractivity contribution in [1.29, 1.82) is 0 Å². The maximum Gasteiger partial charge on any atom is 0.220 e. The molecular formula is C23H29NO5S. The van der Waals surface area contributed by atoms with Gasteiger partial charge in [0.1, 0.15) is 5.75 Å². The second kappa shape index (κ2) is 9.62. The van der Waals surface area contributed by atoms with Gasteiger partial charge in [-0.1, -0.05) is 30.3 Å². The third kappa shape index (κ3) is 5.40. The van der Waals surface area contributed by atoms with E-state index in [0.717, 1.165) is 29.7 Å². The highest BCUT2D eigenvalue weighted by Crippen LogP contribution is 2.39. The van der Waals surface area contributed by atoms with Gasteiger partial charge in [0, 0.05) is 43.4 Å². The van der Waals surface area contributed by atoms with Crippen LogP contribution in [0.25, 0.3) is 0 Å². The van der Waals surface area contributed by atoms with E-state index in [1.54, 1.807) is 31.4 Å². The molecule has 1 aliphatic rings. The third-order valence-electron chi connectivity index (χ3n) is 5.74. The number of benzene rings is 2. The Labute approximate surface area is 178 Å². The normalized spacial score (nSPS) is 16.1. The fraction of sp³-hybridized carbons (Fsp3) is 0.435. The highest BCUT2D eigenvalue weighted by atomic mass is 32.2. The van der Waals surface area contributed by atoms with Crippen molar-refractivity contribution < 1.29 is 22.7 Å². The van der Waals surface area contributed by atoms with Gasteiger partial charge in [-0.3, -0.25) is 4.79 Å². The number of amides is 1. The van der Waals surface area contributed by atoms with Gasteiger partial charge in [-0.05, 0) is 43.0 Å². The van der Waals surface area contributed by atoms with Crippen LogP contribution in [0, 0.1) is 0 Å². The summed E-state index contributed by atoms with van der Waals surface area (Å²) in [5.41, 5.74) is 1.83. The number of rotatable bonds is 8. The highest BCUT2D eigenvalue weighted by Gasteiger charge is 2.37. The fourth-order valence-corrected chi connectivity index (χ4v) is 4.53. The molecule has 30 heavy (non-hydrogen) atoms. The molecule has 0 bridgehead atoms. The average molecular weight is 432 g/mol. The Bertz CT molecular complexity index is 963. The zero-order valence-corrected chi connectivity index (χ0v) is 18.3. The molecule has 0 spiro atoms. The van der Waals surface area contributed by atoms with E-state index in [4.69, 9.17) is 9.47 Å². The zero-order chi connectivity index (χ0) is 21.6. The Balaban J connectivity index is 1.62. The summed E-state index contributed by atoms with van der Waals surface area (Å²) >= 11 is 0. The predicted molar refractivity (Wildman–Crippen MR) is 116 cm³/mol. The van der Waals surface area contributed by atoms with Crippen LogP contribution in [0.4, 0.5) is 0 Å². The molecule has 162 valence electrons. The maximum atomic E-state index is 12.5. The first kappa shape index (κ1) is 22.3. The van der Waals surface area contributed by atoms with Crippen LogP contribution >= 0.6 is 0 Å². The molecule has 0 unspecified atom stereocenters. The van der Waals surface area contributed by atoms with Crippen molar-refractivity contribution in [3.63, 3.8) is 0 Å². The number of carbonyl (C=O) groups is 1. The molecule has 1 saturated heterocycles. The first-order valence-electron chi connectivity index (χ1n) is 10.1. The number of hydrogen-bond acceptors (Lipinski definition) is 5. The van der Waals surface area contributed by atoms with Crippen LogP contribution in [-0.2, 0) is 31.2 Å². The smallest absolute Gasteiger partial charge is 0.220 e. The minimum atomic E-state index is -3.21. The van der Waals surface area contributed by atoms with Crippen molar-refractivity contribution in [2.45, 2.75) is 36.0 Å². The Morgan fingerprint density at radius 1 is 1.10 bits per heavy atom. The van der Waals surface area contributed by atoms with Gasteiger partial charge in [-0.15, -0.1) is 0 Å². The Morgan fingerprint density at radius 3 is 2.40 bits per heavy atom. The number of sulfone groups is 1. The summed E-state index contributed by atoms with van der Waals surface area (Å²) in [5, 5.41) is 3.10. The summed E-state index contributed by atoms with van der Waals surface area (Å²) in [7, 11) is -1.54. The topological polar surface area (TPSA) is 81.7 Å². The second-order valence-corrected chi connectivity index (χ2v) is 9.80. The van der Waals surface area contributed by atoms with E-state index < -0.39 is 9.84 Å². The van der Waals surface area contributed by atoms with Crippen LogP contribution in [0.2, 0.25) is 0 Å². The molecule has 1 heterocycles. The molecule has 2 aromatic carbocycles. The minimum absolute atomic E-state index is 0.0250. The van der Waals surface area contributed by atoms with Crippen molar-refractivity contribution in [2.75, 3.05) is 33.1 Å². The second-order valence-electron chi connectivity index (χ2n) is 7.79. The van der Waals surface area contributed by atoms with Gasteiger partial charge in [-0.2, -0.15) is 0 Å². The van der Waals surface area contributed by atoms with Crippen LogP contribution in [0.5, 0.6) is 5.75 Å². The van der Waals surface area contributed by atoms with Crippen molar-refractivity contribution in [3.8, 4) is 5.75 Å². The van der Waals surface area contributed by atoms with E-state index in [-0.39, 0.29) is 16.2 Å². The highest BCUT2D eigenvalue weighted by molar-refractivity contribution is 7.90. The number of ether oxygens (including phenoxy) is 2. The van der Waals surface area contributed by atoms with E-state index >= 15 is 0 Å². The van der Waals surface area contributed by atoms with Crippen LogP contribution in [0.3, 0.4) is 0 Å². The first-order chi connectivity index (χ1) is 14.3. The van der Waals surface area contributed by atoms with Crippen LogP contribution in [0.15, 0.2) is 53.4 Å². The molecule has 1 aliphatic heterocycles. The molecule has 6 nitrogen and oxygen atoms in total. The maximum absolute atomic E-state index is 12.5. The molecule has 0 aliphatic carbocycles. The molecule has 0 aromatic heterocycles. The molecule has 0 radical (unpaired) electrons. The van der Waals surface area contributed by atoms with Gasteiger partial charge >= 0.3 is 0 Å². The van der Waals surface area contributed by atoms with Gasteiger partial charge in [-0.25, -0.2) is 8.42 Å². The Morgan fingerprint density at radius 2 is 1.77 bits per heavy atom. The number of hydrogen-bond donors (Lipinski definition) is 1. The summed E-state index contributed by atoms with van der Waals surface area (Å²) in [5.74, 6) is 0.808. The Kier molecular flexibility index (Phi) is 7.15. The zero-order valence-electron chi connectivity index (χ0n) is 17.5. The molecule has 0 atom stereocenters. The first-order valence-corrected chi connectivity index (χ1v) is 12.0. The fourth-order valence-electron chi connectivity index (χ4n) is 3.90. The van der Waals surface area contributed by atoms with E-state index in [1.807, 2.05) is 18.2 Å². The quantitative estimate of drug-likeness (QED) is 0.695. The van der Waals surface area contributed by atoms with E-state index in [0.29, 0.717) is 32.6 Å². The minimum Gasteiger partial charge on any atom is -0.496 e. The summed E-state index contributed by atoms with van der Waals surface area (Å²) in [6, 6.07) is 14.7. The summed E-state index contributed by atoms with van der Waals surface area (Å²) in [4.78, 5) is 12.8. The lowest BCUT2D eigenvalue weighted by Gasteiger charge is -2.38. The molecule has 3 rings (SSSR count). The molecule has 2 aromatic rings. The molecular weight excluding hydrogens is 402 g/mol. The molecule has 1 amide bonds. The van der Waals surface area contributed by atoms with Crippen LogP contribution < -0.4 is 10.1 Å².